The van der Waals surface area contributed by atoms with Crippen molar-refractivity contribution in [1.82, 2.24) is 0 Å². The summed E-state index contributed by atoms with van der Waals surface area (Å²) in [7, 11) is -0.624. The third-order valence-electron chi connectivity index (χ3n) is 10.9. The largest absolute Gasteiger partial charge is 0.474 e. The van der Waals surface area contributed by atoms with E-state index in [0.717, 1.165) is 55.3 Å². The fraction of sp³-hybridized carbons (Fsp3) is 1.00. The monoisotopic (exact) mass is 470 g/mol. The van der Waals surface area contributed by atoms with Gasteiger partial charge in [0.15, 0.2) is 0 Å². The van der Waals surface area contributed by atoms with Gasteiger partial charge >= 0.3 is 7.82 Å². The predicted octanol–water partition coefficient (Wildman–Crippen LogP) is 6.84. The molecule has 0 aliphatic heterocycles. The molecule has 0 aromatic heterocycles. The SMILES string of the molecule is COP(=O)(OC)OCCCC(C)C1CC[C@H]2C3CCC4C[C@H](O)CCC4(C)C3CCC12C. The number of hydrogen-bond donors (Lipinski definition) is 1. The third kappa shape index (κ3) is 4.39. The minimum atomic E-state index is -3.36. The standard InChI is InChI=1S/C26H47O5P/c1-18(7-6-16-31-32(28,29-4)30-5)22-10-11-23-21-9-8-19-17-20(27)12-14-25(19,2)24(21)13-15-26(22,23)3/h18-24,27H,6-17H2,1-5H3/t18?,19?,20-,21?,22?,23+,24?,25?,26?/m1/s1. The molecule has 5 nitrogen and oxygen atoms in total. The molecule has 0 bridgehead atoms. The summed E-state index contributed by atoms with van der Waals surface area (Å²) in [4.78, 5) is 0. The normalized spacial score (nSPS) is 45.1. The van der Waals surface area contributed by atoms with E-state index in [1.54, 1.807) is 0 Å². The Labute approximate surface area is 196 Å². The average molecular weight is 471 g/mol. The number of fused-ring (bicyclic) bond motifs is 5. The zero-order valence-corrected chi connectivity index (χ0v) is 21.9. The molecular weight excluding hydrogens is 423 g/mol. The second kappa shape index (κ2) is 9.61. The number of aliphatic hydroxyl groups is 1. The van der Waals surface area contributed by atoms with Crippen LogP contribution in [0.4, 0.5) is 0 Å². The predicted molar refractivity (Wildman–Crippen MR) is 127 cm³/mol. The van der Waals surface area contributed by atoms with Crippen molar-refractivity contribution in [2.45, 2.75) is 97.5 Å². The third-order valence-corrected chi connectivity index (χ3v) is 12.3. The highest BCUT2D eigenvalue weighted by Crippen LogP contribution is 2.68. The summed E-state index contributed by atoms with van der Waals surface area (Å²) in [6.07, 6.45) is 13.5. The zero-order chi connectivity index (χ0) is 23.1. The molecular formula is C26H47O5P. The van der Waals surface area contributed by atoms with Crippen LogP contribution in [0, 0.1) is 46.3 Å². The lowest BCUT2D eigenvalue weighted by atomic mass is 9.44. The van der Waals surface area contributed by atoms with Crippen molar-refractivity contribution in [3.8, 4) is 0 Å². The molecule has 0 saturated heterocycles. The first-order valence-corrected chi connectivity index (χ1v) is 14.7. The van der Waals surface area contributed by atoms with Gasteiger partial charge in [0, 0.05) is 14.2 Å². The van der Waals surface area contributed by atoms with Crippen LogP contribution in [0.15, 0.2) is 0 Å². The Bertz CT molecular complexity index is 692. The van der Waals surface area contributed by atoms with Gasteiger partial charge in [0.25, 0.3) is 0 Å². The van der Waals surface area contributed by atoms with Crippen molar-refractivity contribution in [3.05, 3.63) is 0 Å². The van der Waals surface area contributed by atoms with Crippen LogP contribution in [0.25, 0.3) is 0 Å². The summed E-state index contributed by atoms with van der Waals surface area (Å²) >= 11 is 0. The van der Waals surface area contributed by atoms with Crippen LogP contribution in [-0.2, 0) is 18.1 Å². The first-order valence-electron chi connectivity index (χ1n) is 13.2. The molecule has 0 heterocycles. The number of phosphoric ester groups is 1. The molecule has 0 spiro atoms. The maximum absolute atomic E-state index is 12.1. The minimum Gasteiger partial charge on any atom is -0.393 e. The van der Waals surface area contributed by atoms with Gasteiger partial charge in [0.2, 0.25) is 0 Å². The molecule has 7 unspecified atom stereocenters. The summed E-state index contributed by atoms with van der Waals surface area (Å²) in [5.41, 5.74) is 0.925. The molecule has 9 atom stereocenters. The molecule has 0 amide bonds. The summed E-state index contributed by atoms with van der Waals surface area (Å²) < 4.78 is 27.3. The Morgan fingerprint density at radius 1 is 0.969 bits per heavy atom. The van der Waals surface area contributed by atoms with E-state index < -0.39 is 7.82 Å². The summed E-state index contributed by atoms with van der Waals surface area (Å²) in [6.45, 7) is 8.04. The lowest BCUT2D eigenvalue weighted by molar-refractivity contribution is -0.129. The smallest absolute Gasteiger partial charge is 0.393 e. The molecule has 0 aromatic carbocycles. The molecule has 4 fully saturated rings. The summed E-state index contributed by atoms with van der Waals surface area (Å²) in [6, 6.07) is 0. The number of aliphatic hydroxyl groups excluding tert-OH is 1. The highest BCUT2D eigenvalue weighted by atomic mass is 31.2. The fourth-order valence-corrected chi connectivity index (χ4v) is 9.89. The van der Waals surface area contributed by atoms with Crippen molar-refractivity contribution in [2.24, 2.45) is 46.3 Å². The second-order valence-corrected chi connectivity index (χ2v) is 14.0. The molecule has 0 aromatic rings. The van der Waals surface area contributed by atoms with Gasteiger partial charge in [0.05, 0.1) is 12.7 Å². The van der Waals surface area contributed by atoms with E-state index in [0.29, 0.717) is 23.4 Å². The van der Waals surface area contributed by atoms with E-state index >= 15 is 0 Å². The van der Waals surface area contributed by atoms with Gasteiger partial charge in [-0.25, -0.2) is 4.57 Å². The van der Waals surface area contributed by atoms with E-state index in [9.17, 15) is 9.67 Å². The van der Waals surface area contributed by atoms with Crippen molar-refractivity contribution < 1.29 is 23.2 Å². The lowest BCUT2D eigenvalue weighted by Crippen LogP contribution is -2.54. The quantitative estimate of drug-likeness (QED) is 0.311. The molecule has 4 rings (SSSR count). The van der Waals surface area contributed by atoms with E-state index in [4.69, 9.17) is 13.6 Å². The molecule has 1 N–H and O–H groups in total. The van der Waals surface area contributed by atoms with E-state index in [-0.39, 0.29) is 6.10 Å². The van der Waals surface area contributed by atoms with Gasteiger partial charge in [-0.05, 0) is 117 Å². The fourth-order valence-electron chi connectivity index (χ4n) is 9.17. The molecule has 186 valence electrons. The van der Waals surface area contributed by atoms with Crippen molar-refractivity contribution in [2.75, 3.05) is 20.8 Å². The average Bonchev–Trinajstić information content (AvgIpc) is 3.14. The van der Waals surface area contributed by atoms with E-state index in [2.05, 4.69) is 20.8 Å². The van der Waals surface area contributed by atoms with Crippen LogP contribution in [0.1, 0.15) is 91.4 Å². The first kappa shape index (κ1) is 25.2. The molecule has 0 radical (unpaired) electrons. The number of rotatable bonds is 8. The maximum Gasteiger partial charge on any atom is 0.474 e. The Hall–Kier alpha value is 0.0700. The Morgan fingerprint density at radius 2 is 1.66 bits per heavy atom. The van der Waals surface area contributed by atoms with Gasteiger partial charge in [-0.15, -0.1) is 0 Å². The van der Waals surface area contributed by atoms with Crippen LogP contribution in [0.3, 0.4) is 0 Å². The molecule has 4 aliphatic carbocycles. The second-order valence-electron chi connectivity index (χ2n) is 12.1. The van der Waals surface area contributed by atoms with Gasteiger partial charge in [0.1, 0.15) is 0 Å². The Kier molecular flexibility index (Phi) is 7.56. The van der Waals surface area contributed by atoms with Gasteiger partial charge < -0.3 is 5.11 Å². The Morgan fingerprint density at radius 3 is 2.38 bits per heavy atom. The Balaban J connectivity index is 1.37. The van der Waals surface area contributed by atoms with Crippen molar-refractivity contribution in [1.29, 1.82) is 0 Å². The van der Waals surface area contributed by atoms with Crippen LogP contribution in [-0.4, -0.2) is 32.0 Å². The molecule has 4 aliphatic rings. The maximum atomic E-state index is 12.1. The number of hydrogen-bond acceptors (Lipinski definition) is 5. The molecule has 6 heteroatoms. The molecule has 4 saturated carbocycles. The van der Waals surface area contributed by atoms with Crippen LogP contribution in [0.5, 0.6) is 0 Å². The first-order chi connectivity index (χ1) is 15.2. The van der Waals surface area contributed by atoms with Crippen LogP contribution >= 0.6 is 7.82 Å². The van der Waals surface area contributed by atoms with Crippen molar-refractivity contribution in [3.63, 3.8) is 0 Å². The van der Waals surface area contributed by atoms with E-state index in [1.807, 2.05) is 0 Å². The summed E-state index contributed by atoms with van der Waals surface area (Å²) in [5, 5.41) is 10.3. The zero-order valence-electron chi connectivity index (χ0n) is 21.1. The summed E-state index contributed by atoms with van der Waals surface area (Å²) in [5.74, 6) is 4.81. The van der Waals surface area contributed by atoms with Crippen LogP contribution in [0.2, 0.25) is 0 Å². The van der Waals surface area contributed by atoms with Gasteiger partial charge in [-0.3, -0.25) is 13.6 Å². The van der Waals surface area contributed by atoms with E-state index in [1.165, 1.54) is 59.2 Å². The van der Waals surface area contributed by atoms with Gasteiger partial charge in [-0.2, -0.15) is 0 Å². The topological polar surface area (TPSA) is 65.0 Å². The lowest BCUT2D eigenvalue weighted by Gasteiger charge is -2.61. The van der Waals surface area contributed by atoms with Crippen molar-refractivity contribution >= 4 is 7.82 Å². The highest BCUT2D eigenvalue weighted by molar-refractivity contribution is 7.48. The molecule has 32 heavy (non-hydrogen) atoms. The van der Waals surface area contributed by atoms with Gasteiger partial charge in [-0.1, -0.05) is 20.8 Å². The van der Waals surface area contributed by atoms with Crippen LogP contribution < -0.4 is 0 Å². The highest BCUT2D eigenvalue weighted by Gasteiger charge is 2.60. The minimum absolute atomic E-state index is 0.0548. The number of phosphoric acid groups is 1.